The Balaban J connectivity index is 0.000000481. The van der Waals surface area contributed by atoms with E-state index in [1.54, 1.807) is 23.1 Å². The molecule has 1 amide bonds. The van der Waals surface area contributed by atoms with Gasteiger partial charge in [0.1, 0.15) is 5.82 Å². The highest BCUT2D eigenvalue weighted by atomic mass is 19.4. The van der Waals surface area contributed by atoms with Crippen molar-refractivity contribution >= 4 is 5.91 Å². The van der Waals surface area contributed by atoms with E-state index >= 15 is 0 Å². The molecule has 0 spiro atoms. The Morgan fingerprint density at radius 3 is 1.95 bits per heavy atom. The van der Waals surface area contributed by atoms with Crippen LogP contribution in [0.4, 0.5) is 30.7 Å². The molecular formula is C27H33F7N2O2. The Morgan fingerprint density at radius 2 is 1.53 bits per heavy atom. The number of fused-ring (bicyclic) bond motifs is 1. The first-order valence-electron chi connectivity index (χ1n) is 12.3. The average molecular weight is 551 g/mol. The quantitative estimate of drug-likeness (QED) is 0.427. The third-order valence-electron chi connectivity index (χ3n) is 6.52. The van der Waals surface area contributed by atoms with E-state index in [4.69, 9.17) is 10.5 Å². The van der Waals surface area contributed by atoms with E-state index in [9.17, 15) is 35.5 Å². The number of carbonyl (C=O) groups is 1. The van der Waals surface area contributed by atoms with E-state index < -0.39 is 41.7 Å². The van der Waals surface area contributed by atoms with Gasteiger partial charge in [-0.2, -0.15) is 26.3 Å². The van der Waals surface area contributed by atoms with Gasteiger partial charge >= 0.3 is 12.4 Å². The summed E-state index contributed by atoms with van der Waals surface area (Å²) in [7, 11) is 0. The number of alkyl halides is 6. The monoisotopic (exact) mass is 550 g/mol. The zero-order valence-corrected chi connectivity index (χ0v) is 21.7. The van der Waals surface area contributed by atoms with Crippen molar-refractivity contribution in [3.05, 3.63) is 71.0 Å². The predicted octanol–water partition coefficient (Wildman–Crippen LogP) is 6.82. The van der Waals surface area contributed by atoms with E-state index in [1.165, 1.54) is 12.1 Å². The number of hydrogen-bond acceptors (Lipinski definition) is 3. The van der Waals surface area contributed by atoms with Crippen molar-refractivity contribution < 1.29 is 40.3 Å². The molecule has 2 aliphatic heterocycles. The maximum atomic E-state index is 13.0. The zero-order valence-electron chi connectivity index (χ0n) is 21.7. The summed E-state index contributed by atoms with van der Waals surface area (Å²) in [5.41, 5.74) is 2.69. The third-order valence-corrected chi connectivity index (χ3v) is 6.52. The van der Waals surface area contributed by atoms with Crippen LogP contribution in [0.25, 0.3) is 0 Å². The van der Waals surface area contributed by atoms with Gasteiger partial charge in [-0.15, -0.1) is 0 Å². The van der Waals surface area contributed by atoms with Crippen LogP contribution in [-0.4, -0.2) is 35.0 Å². The fourth-order valence-electron chi connectivity index (χ4n) is 4.77. The molecule has 0 saturated carbocycles. The van der Waals surface area contributed by atoms with Gasteiger partial charge in [0.25, 0.3) is 0 Å². The number of carbonyl (C=O) groups excluding carboxylic acids is 1. The van der Waals surface area contributed by atoms with Crippen LogP contribution in [0.15, 0.2) is 48.5 Å². The molecule has 2 saturated heterocycles. The van der Waals surface area contributed by atoms with E-state index in [2.05, 4.69) is 0 Å². The normalized spacial score (nSPS) is 25.1. The summed E-state index contributed by atoms with van der Waals surface area (Å²) < 4.78 is 95.6. The van der Waals surface area contributed by atoms with E-state index in [0.29, 0.717) is 25.0 Å². The van der Waals surface area contributed by atoms with Crippen LogP contribution in [-0.2, 0) is 28.5 Å². The minimum Gasteiger partial charge on any atom is -0.371 e. The van der Waals surface area contributed by atoms with Crippen molar-refractivity contribution in [3.8, 4) is 0 Å². The first-order chi connectivity index (χ1) is 17.6. The van der Waals surface area contributed by atoms with Crippen molar-refractivity contribution in [1.29, 1.82) is 0 Å². The molecule has 2 aromatic carbocycles. The molecule has 38 heavy (non-hydrogen) atoms. The number of hydrogen-bond donors (Lipinski definition) is 1. The molecule has 0 radical (unpaired) electrons. The van der Waals surface area contributed by atoms with Gasteiger partial charge < -0.3 is 15.4 Å². The number of nitrogens with zero attached hydrogens (tertiary/aromatic N) is 1. The molecule has 2 aromatic rings. The maximum Gasteiger partial charge on any atom is 0.416 e. The first kappa shape index (κ1) is 31.6. The molecule has 0 aliphatic carbocycles. The van der Waals surface area contributed by atoms with Crippen LogP contribution in [0.1, 0.15) is 57.2 Å². The number of ether oxygens (including phenoxy) is 1. The molecule has 4 rings (SSSR count). The molecule has 4 unspecified atom stereocenters. The highest BCUT2D eigenvalue weighted by Crippen LogP contribution is 2.40. The highest BCUT2D eigenvalue weighted by Gasteiger charge is 2.52. The Labute approximate surface area is 217 Å². The van der Waals surface area contributed by atoms with Crippen LogP contribution in [0.5, 0.6) is 0 Å². The van der Waals surface area contributed by atoms with Crippen molar-refractivity contribution in [2.45, 2.75) is 77.2 Å². The second-order valence-electron chi connectivity index (χ2n) is 9.42. The number of benzene rings is 2. The molecule has 2 heterocycles. The molecule has 0 aromatic heterocycles. The Kier molecular flexibility index (Phi) is 10.4. The smallest absolute Gasteiger partial charge is 0.371 e. The van der Waals surface area contributed by atoms with E-state index in [1.807, 2.05) is 27.7 Å². The van der Waals surface area contributed by atoms with Crippen molar-refractivity contribution in [2.24, 2.45) is 11.7 Å². The molecule has 2 aliphatic rings. The largest absolute Gasteiger partial charge is 0.416 e. The minimum absolute atomic E-state index is 0.0747. The van der Waals surface area contributed by atoms with Crippen molar-refractivity contribution in [3.63, 3.8) is 0 Å². The maximum absolute atomic E-state index is 13.0. The Hall–Kier alpha value is -2.66. The first-order valence-corrected chi connectivity index (χ1v) is 12.3. The second-order valence-corrected chi connectivity index (χ2v) is 9.42. The number of rotatable bonds is 3. The summed E-state index contributed by atoms with van der Waals surface area (Å²) in [6.45, 7) is 7.44. The van der Waals surface area contributed by atoms with Crippen molar-refractivity contribution in [2.75, 3.05) is 6.54 Å². The number of amides is 1. The highest BCUT2D eigenvalue weighted by molar-refractivity contribution is 5.78. The van der Waals surface area contributed by atoms with Crippen molar-refractivity contribution in [1.82, 2.24) is 4.90 Å². The van der Waals surface area contributed by atoms with Gasteiger partial charge in [-0.25, -0.2) is 4.39 Å². The standard InChI is InChI=1S/C19H22F6N2O2.C6H5F.C2H6/c1-10-14(8-27-15(28)3-4-17(2,26)16(10)27)29-9-11-5-12(18(20,21)22)7-13(6-11)19(23,24)25;7-6-4-2-1-3-5-6;1-2/h5-7,10,14,16H,3-4,8-9,26H2,1-2H3;1-5H;1-2H3. The number of piperidine rings is 1. The van der Waals surface area contributed by atoms with Gasteiger partial charge in [-0.1, -0.05) is 39.0 Å². The second kappa shape index (κ2) is 12.5. The van der Waals surface area contributed by atoms with Crippen LogP contribution >= 0.6 is 0 Å². The summed E-state index contributed by atoms with van der Waals surface area (Å²) in [4.78, 5) is 13.8. The molecule has 212 valence electrons. The van der Waals surface area contributed by atoms with Crippen LogP contribution in [0.3, 0.4) is 0 Å². The lowest BCUT2D eigenvalue weighted by Crippen LogP contribution is -2.61. The summed E-state index contributed by atoms with van der Waals surface area (Å²) in [6, 6.07) is 9.04. The fourth-order valence-corrected chi connectivity index (χ4v) is 4.77. The molecule has 2 N–H and O–H groups in total. The summed E-state index contributed by atoms with van der Waals surface area (Å²) in [5.74, 6) is -0.459. The van der Waals surface area contributed by atoms with Crippen LogP contribution < -0.4 is 5.73 Å². The van der Waals surface area contributed by atoms with Gasteiger partial charge in [-0.3, -0.25) is 4.79 Å². The lowest BCUT2D eigenvalue weighted by Gasteiger charge is -2.43. The number of nitrogens with two attached hydrogens (primary N) is 1. The van der Waals surface area contributed by atoms with Gasteiger partial charge in [0.05, 0.1) is 29.9 Å². The van der Waals surface area contributed by atoms with E-state index in [0.717, 1.165) is 0 Å². The number of halogens is 7. The molecule has 2 fully saturated rings. The lowest BCUT2D eigenvalue weighted by molar-refractivity contribution is -0.143. The Morgan fingerprint density at radius 1 is 1.00 bits per heavy atom. The lowest BCUT2D eigenvalue weighted by atomic mass is 9.79. The summed E-state index contributed by atoms with van der Waals surface area (Å²) in [6.07, 6.45) is -9.55. The third kappa shape index (κ3) is 7.92. The average Bonchev–Trinajstić information content (AvgIpc) is 3.19. The fraction of sp³-hybridized carbons (Fsp3) is 0.519. The molecule has 11 heteroatoms. The molecule has 4 nitrogen and oxygen atoms in total. The SMILES string of the molecule is CC.CC1C(OCc2cc(C(F)(F)F)cc(C(F)(F)F)c2)CN2C(=O)CCC(C)(N)C12.Fc1ccccc1. The molecular weight excluding hydrogens is 517 g/mol. The predicted molar refractivity (Wildman–Crippen MR) is 129 cm³/mol. The van der Waals surface area contributed by atoms with Crippen LogP contribution in [0, 0.1) is 11.7 Å². The van der Waals surface area contributed by atoms with Crippen LogP contribution in [0.2, 0.25) is 0 Å². The summed E-state index contributed by atoms with van der Waals surface area (Å²) >= 11 is 0. The molecule has 4 atom stereocenters. The minimum atomic E-state index is -4.91. The van der Waals surface area contributed by atoms with Gasteiger partial charge in [-0.05, 0) is 49.2 Å². The van der Waals surface area contributed by atoms with Gasteiger partial charge in [0.2, 0.25) is 5.91 Å². The zero-order chi connectivity index (χ0) is 28.9. The van der Waals surface area contributed by atoms with Gasteiger partial charge in [0.15, 0.2) is 0 Å². The molecule has 0 bridgehead atoms. The Bertz CT molecular complexity index is 1020. The summed E-state index contributed by atoms with van der Waals surface area (Å²) in [5, 5.41) is 0. The van der Waals surface area contributed by atoms with E-state index in [-0.39, 0.29) is 41.9 Å². The van der Waals surface area contributed by atoms with Gasteiger partial charge in [0, 0.05) is 24.4 Å². The topological polar surface area (TPSA) is 55.6 Å².